The summed E-state index contributed by atoms with van der Waals surface area (Å²) in [4.78, 5) is 5.55. The van der Waals surface area contributed by atoms with Crippen LogP contribution < -0.4 is 5.32 Å². The minimum Gasteiger partial charge on any atom is -0.383 e. The van der Waals surface area contributed by atoms with Gasteiger partial charge in [-0.3, -0.25) is 0 Å². The number of aromatic nitrogens is 1. The third kappa shape index (κ3) is 3.89. The Kier molecular flexibility index (Phi) is 5.22. The van der Waals surface area contributed by atoms with Crippen LogP contribution >= 0.6 is 11.3 Å². The van der Waals surface area contributed by atoms with Crippen molar-refractivity contribution in [2.75, 3.05) is 13.7 Å². The molecular formula is C11H20N2OS. The molecule has 0 fully saturated rings. The minimum atomic E-state index is 0.413. The molecule has 0 aliphatic carbocycles. The lowest BCUT2D eigenvalue weighted by molar-refractivity contribution is 0.146. The average molecular weight is 228 g/mol. The molecule has 0 aliphatic heterocycles. The van der Waals surface area contributed by atoms with Gasteiger partial charge in [-0.05, 0) is 12.8 Å². The van der Waals surface area contributed by atoms with Gasteiger partial charge in [0.1, 0.15) is 0 Å². The number of hydrogen-bond donors (Lipinski definition) is 1. The maximum absolute atomic E-state index is 5.19. The molecular weight excluding hydrogens is 208 g/mol. The van der Waals surface area contributed by atoms with Crippen LogP contribution in [0.15, 0.2) is 5.51 Å². The van der Waals surface area contributed by atoms with E-state index in [9.17, 15) is 0 Å². The quantitative estimate of drug-likeness (QED) is 0.810. The van der Waals surface area contributed by atoms with Gasteiger partial charge >= 0.3 is 0 Å². The van der Waals surface area contributed by atoms with Crippen LogP contribution in [-0.2, 0) is 11.3 Å². The molecule has 15 heavy (non-hydrogen) atoms. The van der Waals surface area contributed by atoms with Gasteiger partial charge in [-0.2, -0.15) is 0 Å². The van der Waals surface area contributed by atoms with E-state index in [2.05, 4.69) is 24.1 Å². The van der Waals surface area contributed by atoms with Crippen LogP contribution in [-0.4, -0.2) is 24.7 Å². The summed E-state index contributed by atoms with van der Waals surface area (Å²) in [6, 6.07) is 0.413. The first-order valence-electron chi connectivity index (χ1n) is 5.26. The number of rotatable bonds is 6. The van der Waals surface area contributed by atoms with E-state index < -0.39 is 0 Å². The van der Waals surface area contributed by atoms with E-state index in [1.54, 1.807) is 18.4 Å². The van der Waals surface area contributed by atoms with E-state index in [0.29, 0.717) is 12.0 Å². The largest absolute Gasteiger partial charge is 0.383 e. The smallest absolute Gasteiger partial charge is 0.0798 e. The first kappa shape index (κ1) is 12.6. The van der Waals surface area contributed by atoms with Crippen LogP contribution in [0.5, 0.6) is 0 Å². The van der Waals surface area contributed by atoms with Crippen LogP contribution in [0.2, 0.25) is 0 Å². The third-order valence-electron chi connectivity index (χ3n) is 2.52. The van der Waals surface area contributed by atoms with Crippen molar-refractivity contribution in [2.24, 2.45) is 5.92 Å². The number of nitrogens with one attached hydrogen (secondary N) is 1. The van der Waals surface area contributed by atoms with Gasteiger partial charge in [-0.15, -0.1) is 11.3 Å². The fourth-order valence-corrected chi connectivity index (χ4v) is 2.11. The summed E-state index contributed by atoms with van der Waals surface area (Å²) in [7, 11) is 1.75. The van der Waals surface area contributed by atoms with Gasteiger partial charge in [-0.1, -0.05) is 13.8 Å². The molecule has 1 unspecified atom stereocenters. The number of nitrogens with zero attached hydrogens (tertiary/aromatic N) is 1. The molecule has 0 bridgehead atoms. The number of ether oxygens (including phenoxy) is 1. The molecule has 1 N–H and O–H groups in total. The summed E-state index contributed by atoms with van der Waals surface area (Å²) in [5.74, 6) is 0.582. The SMILES string of the molecule is COCC(NCc1scnc1C)C(C)C. The number of thiazole rings is 1. The lowest BCUT2D eigenvalue weighted by Gasteiger charge is -2.21. The van der Waals surface area contributed by atoms with Gasteiger partial charge in [0.05, 0.1) is 17.8 Å². The van der Waals surface area contributed by atoms with Crippen molar-refractivity contribution < 1.29 is 4.74 Å². The Morgan fingerprint density at radius 2 is 2.27 bits per heavy atom. The predicted octanol–water partition coefficient (Wildman–Crippen LogP) is 2.21. The number of hydrogen-bond acceptors (Lipinski definition) is 4. The molecule has 1 rings (SSSR count). The minimum absolute atomic E-state index is 0.413. The Hall–Kier alpha value is -0.450. The van der Waals surface area contributed by atoms with Crippen LogP contribution in [0.4, 0.5) is 0 Å². The predicted molar refractivity (Wildman–Crippen MR) is 64.2 cm³/mol. The van der Waals surface area contributed by atoms with E-state index >= 15 is 0 Å². The maximum Gasteiger partial charge on any atom is 0.0798 e. The molecule has 1 aromatic heterocycles. The highest BCUT2D eigenvalue weighted by Gasteiger charge is 2.13. The van der Waals surface area contributed by atoms with Crippen LogP contribution in [0.1, 0.15) is 24.4 Å². The summed E-state index contributed by atoms with van der Waals surface area (Å²) in [6.45, 7) is 8.11. The van der Waals surface area contributed by atoms with Gasteiger partial charge in [0, 0.05) is 24.6 Å². The molecule has 1 atom stereocenters. The lowest BCUT2D eigenvalue weighted by atomic mass is 10.1. The summed E-state index contributed by atoms with van der Waals surface area (Å²) in [5, 5.41) is 3.51. The van der Waals surface area contributed by atoms with Gasteiger partial charge in [0.25, 0.3) is 0 Å². The Morgan fingerprint density at radius 1 is 1.53 bits per heavy atom. The van der Waals surface area contributed by atoms with Crippen molar-refractivity contribution in [1.29, 1.82) is 0 Å². The second-order valence-corrected chi connectivity index (χ2v) is 4.99. The van der Waals surface area contributed by atoms with Crippen LogP contribution in [0, 0.1) is 12.8 Å². The lowest BCUT2D eigenvalue weighted by Crippen LogP contribution is -2.37. The Morgan fingerprint density at radius 3 is 2.73 bits per heavy atom. The molecule has 0 saturated carbocycles. The van der Waals surface area contributed by atoms with Crippen molar-refractivity contribution >= 4 is 11.3 Å². The normalized spacial score (nSPS) is 13.4. The van der Waals surface area contributed by atoms with Crippen molar-refractivity contribution in [3.63, 3.8) is 0 Å². The van der Waals surface area contributed by atoms with E-state index in [4.69, 9.17) is 4.74 Å². The van der Waals surface area contributed by atoms with Gasteiger partial charge in [0.2, 0.25) is 0 Å². The zero-order chi connectivity index (χ0) is 11.3. The molecule has 0 spiro atoms. The first-order chi connectivity index (χ1) is 7.15. The van der Waals surface area contributed by atoms with Crippen molar-refractivity contribution in [3.8, 4) is 0 Å². The zero-order valence-electron chi connectivity index (χ0n) is 9.91. The highest BCUT2D eigenvalue weighted by atomic mass is 32.1. The number of methoxy groups -OCH3 is 1. The molecule has 0 saturated heterocycles. The summed E-state index contributed by atoms with van der Waals surface area (Å²) >= 11 is 1.71. The summed E-state index contributed by atoms with van der Waals surface area (Å²) in [6.07, 6.45) is 0. The molecule has 86 valence electrons. The molecule has 1 heterocycles. The first-order valence-corrected chi connectivity index (χ1v) is 6.14. The monoisotopic (exact) mass is 228 g/mol. The fraction of sp³-hybridized carbons (Fsp3) is 0.727. The topological polar surface area (TPSA) is 34.1 Å². The highest BCUT2D eigenvalue weighted by molar-refractivity contribution is 7.09. The van der Waals surface area contributed by atoms with Crippen molar-refractivity contribution in [2.45, 2.75) is 33.4 Å². The standard InChI is InChI=1S/C11H20N2OS/c1-8(2)10(6-14-4)12-5-11-9(3)13-7-15-11/h7-8,10,12H,5-6H2,1-4H3. The molecule has 3 nitrogen and oxygen atoms in total. The van der Waals surface area contributed by atoms with Gasteiger partial charge in [-0.25, -0.2) is 4.98 Å². The zero-order valence-corrected chi connectivity index (χ0v) is 10.7. The van der Waals surface area contributed by atoms with Gasteiger partial charge in [0.15, 0.2) is 0 Å². The van der Waals surface area contributed by atoms with Gasteiger partial charge < -0.3 is 10.1 Å². The Bertz CT molecular complexity index is 286. The fourth-order valence-electron chi connectivity index (χ4n) is 1.39. The summed E-state index contributed by atoms with van der Waals surface area (Å²) < 4.78 is 5.19. The third-order valence-corrected chi connectivity index (χ3v) is 3.46. The van der Waals surface area contributed by atoms with Crippen molar-refractivity contribution in [3.05, 3.63) is 16.1 Å². The second-order valence-electron chi connectivity index (χ2n) is 4.05. The van der Waals surface area contributed by atoms with E-state index in [1.165, 1.54) is 4.88 Å². The van der Waals surface area contributed by atoms with Crippen LogP contribution in [0.25, 0.3) is 0 Å². The van der Waals surface area contributed by atoms with Crippen molar-refractivity contribution in [1.82, 2.24) is 10.3 Å². The molecule has 0 aromatic carbocycles. The average Bonchev–Trinajstić information content (AvgIpc) is 2.58. The Balaban J connectivity index is 2.43. The second kappa shape index (κ2) is 6.20. The molecule has 0 amide bonds. The van der Waals surface area contributed by atoms with E-state index in [-0.39, 0.29) is 0 Å². The maximum atomic E-state index is 5.19. The van der Waals surface area contributed by atoms with Crippen LogP contribution in [0.3, 0.4) is 0 Å². The summed E-state index contributed by atoms with van der Waals surface area (Å²) in [5.41, 5.74) is 3.03. The Labute approximate surface area is 95.9 Å². The molecule has 0 radical (unpaired) electrons. The molecule has 0 aliphatic rings. The van der Waals surface area contributed by atoms with E-state index in [0.717, 1.165) is 18.8 Å². The van der Waals surface area contributed by atoms with E-state index in [1.807, 2.05) is 12.4 Å². The molecule has 4 heteroatoms. The number of aryl methyl sites for hydroxylation is 1. The molecule has 1 aromatic rings. The highest BCUT2D eigenvalue weighted by Crippen LogP contribution is 2.12.